The molecule has 1 atom stereocenters. The van der Waals surface area contributed by atoms with Crippen LogP contribution in [0.4, 0.5) is 0 Å². The van der Waals surface area contributed by atoms with E-state index in [9.17, 15) is 0 Å². The van der Waals surface area contributed by atoms with Gasteiger partial charge in [0.05, 0.1) is 11.8 Å². The van der Waals surface area contributed by atoms with E-state index < -0.39 is 5.72 Å². The predicted molar refractivity (Wildman–Crippen MR) is 118 cm³/mol. The Hall–Kier alpha value is -1.75. The normalized spacial score (nSPS) is 23.0. The lowest BCUT2D eigenvalue weighted by molar-refractivity contribution is -0.152. The summed E-state index contributed by atoms with van der Waals surface area (Å²) in [7, 11) is 0. The fraction of sp³-hybridized carbons (Fsp3) is 0.435. The molecular formula is C23H25Cl2N3O. The number of likely N-dealkylation sites (tertiary alicyclic amines) is 1. The highest BCUT2D eigenvalue weighted by molar-refractivity contribution is 6.31. The topological polar surface area (TPSA) is 28.1 Å². The Morgan fingerprint density at radius 3 is 2.41 bits per heavy atom. The lowest BCUT2D eigenvalue weighted by atomic mass is 9.90. The smallest absolute Gasteiger partial charge is 0.200 e. The summed E-state index contributed by atoms with van der Waals surface area (Å²) in [5.41, 5.74) is 2.92. The van der Waals surface area contributed by atoms with E-state index in [2.05, 4.69) is 23.8 Å². The van der Waals surface area contributed by atoms with Gasteiger partial charge in [-0.15, -0.1) is 0 Å². The highest BCUT2D eigenvalue weighted by Crippen LogP contribution is 2.50. The molecular weight excluding hydrogens is 405 g/mol. The van der Waals surface area contributed by atoms with Gasteiger partial charge in [0.25, 0.3) is 0 Å². The molecule has 1 saturated heterocycles. The van der Waals surface area contributed by atoms with Gasteiger partial charge in [-0.05, 0) is 49.7 Å². The molecule has 152 valence electrons. The van der Waals surface area contributed by atoms with Gasteiger partial charge >= 0.3 is 0 Å². The third kappa shape index (κ3) is 3.31. The van der Waals surface area contributed by atoms with Crippen molar-refractivity contribution in [2.45, 2.75) is 50.9 Å². The predicted octanol–water partition coefficient (Wildman–Crippen LogP) is 5.74. The number of fused-ring (bicyclic) bond motifs is 4. The lowest BCUT2D eigenvalue weighted by Gasteiger charge is -2.51. The number of ether oxygens (including phenoxy) is 1. The maximum absolute atomic E-state index is 6.67. The van der Waals surface area contributed by atoms with Crippen molar-refractivity contribution in [2.24, 2.45) is 5.10 Å². The standard InChI is InChI=1S/C23H25Cl2N3O/c1-15(2)27-11-9-23(10-12-27)28-21(19-13-18(25)7-8-22(19)29-23)14-20(26-28)16-3-5-17(24)6-4-16/h3-8,13,15,21H,9-12,14H2,1-2H3. The number of rotatable bonds is 2. The van der Waals surface area contributed by atoms with E-state index in [-0.39, 0.29) is 6.04 Å². The van der Waals surface area contributed by atoms with E-state index in [1.54, 1.807) is 0 Å². The van der Waals surface area contributed by atoms with E-state index in [0.29, 0.717) is 6.04 Å². The van der Waals surface area contributed by atoms with Crippen molar-refractivity contribution < 1.29 is 4.74 Å². The molecule has 6 heteroatoms. The monoisotopic (exact) mass is 429 g/mol. The minimum atomic E-state index is -0.398. The molecule has 0 amide bonds. The van der Waals surface area contributed by atoms with E-state index in [4.69, 9.17) is 33.0 Å². The van der Waals surface area contributed by atoms with Gasteiger partial charge in [-0.1, -0.05) is 35.3 Å². The van der Waals surface area contributed by atoms with Gasteiger partial charge in [-0.2, -0.15) is 5.10 Å². The highest BCUT2D eigenvalue weighted by Gasteiger charge is 2.52. The summed E-state index contributed by atoms with van der Waals surface area (Å²) >= 11 is 12.4. The number of benzene rings is 2. The summed E-state index contributed by atoms with van der Waals surface area (Å²) in [5.74, 6) is 0.946. The Kier molecular flexibility index (Phi) is 4.77. The zero-order valence-corrected chi connectivity index (χ0v) is 18.2. The Balaban J connectivity index is 1.54. The van der Waals surface area contributed by atoms with Crippen LogP contribution in [0.15, 0.2) is 47.6 Å². The summed E-state index contributed by atoms with van der Waals surface area (Å²) in [6.07, 6.45) is 2.70. The molecule has 3 aliphatic rings. The third-order valence-electron chi connectivity index (χ3n) is 6.45. The van der Waals surface area contributed by atoms with Crippen LogP contribution < -0.4 is 4.74 Å². The van der Waals surface area contributed by atoms with Crippen LogP contribution in [-0.4, -0.2) is 40.5 Å². The van der Waals surface area contributed by atoms with Crippen LogP contribution in [0.3, 0.4) is 0 Å². The zero-order chi connectivity index (χ0) is 20.2. The van der Waals surface area contributed by atoms with Gasteiger partial charge in [0.15, 0.2) is 0 Å². The van der Waals surface area contributed by atoms with E-state index in [1.165, 1.54) is 0 Å². The summed E-state index contributed by atoms with van der Waals surface area (Å²) in [6.45, 7) is 6.53. The maximum Gasteiger partial charge on any atom is 0.200 e. The molecule has 0 radical (unpaired) electrons. The molecule has 4 nitrogen and oxygen atoms in total. The molecule has 5 rings (SSSR count). The number of nitrogens with zero attached hydrogens (tertiary/aromatic N) is 3. The summed E-state index contributed by atoms with van der Waals surface area (Å²) < 4.78 is 6.67. The van der Waals surface area contributed by atoms with Gasteiger partial charge in [0.2, 0.25) is 5.72 Å². The molecule has 0 aliphatic carbocycles. The molecule has 1 fully saturated rings. The van der Waals surface area contributed by atoms with Crippen molar-refractivity contribution in [3.63, 3.8) is 0 Å². The molecule has 0 N–H and O–H groups in total. The van der Waals surface area contributed by atoms with Crippen LogP contribution in [0.2, 0.25) is 10.0 Å². The number of hydrazone groups is 1. The van der Waals surface area contributed by atoms with Crippen molar-refractivity contribution >= 4 is 28.9 Å². The van der Waals surface area contributed by atoms with Gasteiger partial charge in [-0.25, -0.2) is 5.01 Å². The molecule has 2 aromatic carbocycles. The first-order valence-corrected chi connectivity index (χ1v) is 11.1. The number of hydrogen-bond donors (Lipinski definition) is 0. The first kappa shape index (κ1) is 19.2. The Labute approximate surface area is 182 Å². The minimum Gasteiger partial charge on any atom is -0.466 e. The average Bonchev–Trinajstić information content (AvgIpc) is 3.16. The van der Waals surface area contributed by atoms with E-state index in [0.717, 1.165) is 65.0 Å². The number of hydrogen-bond acceptors (Lipinski definition) is 4. The first-order chi connectivity index (χ1) is 13.9. The fourth-order valence-corrected chi connectivity index (χ4v) is 5.10. The SMILES string of the molecule is CC(C)N1CCC2(CC1)Oc1ccc(Cl)cc1C1CC(c3ccc(Cl)cc3)=NN12. The summed E-state index contributed by atoms with van der Waals surface area (Å²) in [4.78, 5) is 2.51. The van der Waals surface area contributed by atoms with Crippen LogP contribution in [0.5, 0.6) is 5.75 Å². The van der Waals surface area contributed by atoms with Crippen molar-refractivity contribution in [1.82, 2.24) is 9.91 Å². The Bertz CT molecular complexity index is 949. The third-order valence-corrected chi connectivity index (χ3v) is 6.93. The Morgan fingerprint density at radius 1 is 1.03 bits per heavy atom. The summed E-state index contributed by atoms with van der Waals surface area (Å²) in [6, 6.07) is 14.6. The molecule has 2 aromatic rings. The fourth-order valence-electron chi connectivity index (χ4n) is 4.79. The van der Waals surface area contributed by atoms with E-state index in [1.807, 2.05) is 42.5 Å². The van der Waals surface area contributed by atoms with Crippen molar-refractivity contribution in [3.8, 4) is 5.75 Å². The van der Waals surface area contributed by atoms with Crippen LogP contribution in [-0.2, 0) is 0 Å². The largest absolute Gasteiger partial charge is 0.466 e. The molecule has 0 saturated carbocycles. The van der Waals surface area contributed by atoms with E-state index >= 15 is 0 Å². The second-order valence-corrected chi connectivity index (χ2v) is 9.35. The quantitative estimate of drug-likeness (QED) is 0.609. The zero-order valence-electron chi connectivity index (χ0n) is 16.7. The van der Waals surface area contributed by atoms with Gasteiger partial charge in [0.1, 0.15) is 5.75 Å². The maximum atomic E-state index is 6.67. The van der Waals surface area contributed by atoms with Crippen molar-refractivity contribution in [2.75, 3.05) is 13.1 Å². The van der Waals surface area contributed by atoms with Crippen LogP contribution in [0.25, 0.3) is 0 Å². The Morgan fingerprint density at radius 2 is 1.72 bits per heavy atom. The second kappa shape index (κ2) is 7.19. The average molecular weight is 430 g/mol. The first-order valence-electron chi connectivity index (χ1n) is 10.3. The highest BCUT2D eigenvalue weighted by atomic mass is 35.5. The molecule has 0 aromatic heterocycles. The lowest BCUT2D eigenvalue weighted by Crippen LogP contribution is -2.59. The molecule has 3 heterocycles. The number of halogens is 2. The van der Waals surface area contributed by atoms with Crippen LogP contribution in [0, 0.1) is 0 Å². The van der Waals surface area contributed by atoms with Crippen molar-refractivity contribution in [1.29, 1.82) is 0 Å². The number of piperidine rings is 1. The van der Waals surface area contributed by atoms with Gasteiger partial charge in [0, 0.05) is 54.0 Å². The van der Waals surface area contributed by atoms with Gasteiger partial charge < -0.3 is 9.64 Å². The van der Waals surface area contributed by atoms with Crippen molar-refractivity contribution in [3.05, 3.63) is 63.6 Å². The molecule has 1 spiro atoms. The summed E-state index contributed by atoms with van der Waals surface area (Å²) in [5, 5.41) is 8.81. The van der Waals surface area contributed by atoms with Crippen LogP contribution >= 0.6 is 23.2 Å². The molecule has 0 bridgehead atoms. The molecule has 1 unspecified atom stereocenters. The molecule has 29 heavy (non-hydrogen) atoms. The molecule has 3 aliphatic heterocycles. The van der Waals surface area contributed by atoms with Gasteiger partial charge in [-0.3, -0.25) is 0 Å². The second-order valence-electron chi connectivity index (χ2n) is 8.48. The van der Waals surface area contributed by atoms with Crippen LogP contribution in [0.1, 0.15) is 50.3 Å². The minimum absolute atomic E-state index is 0.147.